The summed E-state index contributed by atoms with van der Waals surface area (Å²) in [7, 11) is 3.12. The third kappa shape index (κ3) is 4.16. The van der Waals surface area contributed by atoms with Crippen LogP contribution in [0.1, 0.15) is 15.9 Å². The second-order valence-electron chi connectivity index (χ2n) is 5.60. The third-order valence-electron chi connectivity index (χ3n) is 3.86. The fraction of sp³-hybridized carbons (Fsp3) is 0.100. The van der Waals surface area contributed by atoms with Gasteiger partial charge < -0.3 is 20.1 Å². The molecule has 28 heavy (non-hydrogen) atoms. The van der Waals surface area contributed by atoms with Crippen LogP contribution in [0.2, 0.25) is 0 Å². The standard InChI is InChI=1S/C20H17N5O3/c1-27-15-7-8-17(18(9-15)28-2)25-20-22-11-14(12-23-20)19(26)24-16-6-4-3-5-13(16)10-21/h3-9,11-12H,1-2H3,(H,24,26)(H,22,23,25). The lowest BCUT2D eigenvalue weighted by Crippen LogP contribution is -2.14. The lowest BCUT2D eigenvalue weighted by atomic mass is 10.2. The molecule has 0 bridgehead atoms. The molecular formula is C20H17N5O3. The van der Waals surface area contributed by atoms with Gasteiger partial charge in [-0.25, -0.2) is 9.97 Å². The fourth-order valence-corrected chi connectivity index (χ4v) is 2.42. The van der Waals surface area contributed by atoms with Gasteiger partial charge in [0.25, 0.3) is 5.91 Å². The van der Waals surface area contributed by atoms with Crippen LogP contribution in [0.3, 0.4) is 0 Å². The van der Waals surface area contributed by atoms with Crippen molar-refractivity contribution in [3.63, 3.8) is 0 Å². The maximum atomic E-state index is 12.4. The van der Waals surface area contributed by atoms with Crippen molar-refractivity contribution in [2.24, 2.45) is 0 Å². The smallest absolute Gasteiger partial charge is 0.258 e. The number of benzene rings is 2. The van der Waals surface area contributed by atoms with E-state index in [1.807, 2.05) is 6.07 Å². The number of ether oxygens (including phenoxy) is 2. The molecule has 2 aromatic carbocycles. The van der Waals surface area contributed by atoms with Crippen molar-refractivity contribution in [1.82, 2.24) is 9.97 Å². The van der Waals surface area contributed by atoms with E-state index in [4.69, 9.17) is 14.7 Å². The van der Waals surface area contributed by atoms with Gasteiger partial charge >= 0.3 is 0 Å². The molecule has 3 aromatic rings. The molecule has 0 unspecified atom stereocenters. The number of rotatable bonds is 6. The van der Waals surface area contributed by atoms with Gasteiger partial charge in [-0.2, -0.15) is 5.26 Å². The Hall–Kier alpha value is -4.12. The summed E-state index contributed by atoms with van der Waals surface area (Å²) in [6.45, 7) is 0. The summed E-state index contributed by atoms with van der Waals surface area (Å²) in [5.41, 5.74) is 1.73. The van der Waals surface area contributed by atoms with Gasteiger partial charge in [-0.15, -0.1) is 0 Å². The zero-order valence-electron chi connectivity index (χ0n) is 15.3. The number of carbonyl (C=O) groups excluding carboxylic acids is 1. The van der Waals surface area contributed by atoms with Gasteiger partial charge in [-0.05, 0) is 24.3 Å². The van der Waals surface area contributed by atoms with Gasteiger partial charge in [0.2, 0.25) is 5.95 Å². The summed E-state index contributed by atoms with van der Waals surface area (Å²) in [6.07, 6.45) is 2.80. The van der Waals surface area contributed by atoms with Crippen LogP contribution < -0.4 is 20.1 Å². The van der Waals surface area contributed by atoms with Crippen LogP contribution in [-0.2, 0) is 0 Å². The number of nitriles is 1. The van der Waals surface area contributed by atoms with Crippen LogP contribution >= 0.6 is 0 Å². The first kappa shape index (κ1) is 18.7. The monoisotopic (exact) mass is 375 g/mol. The molecule has 140 valence electrons. The highest BCUT2D eigenvalue weighted by Gasteiger charge is 2.11. The summed E-state index contributed by atoms with van der Waals surface area (Å²) < 4.78 is 10.5. The second-order valence-corrected chi connectivity index (χ2v) is 5.60. The number of hydrogen-bond donors (Lipinski definition) is 2. The van der Waals surface area contributed by atoms with Gasteiger partial charge in [0, 0.05) is 18.5 Å². The number of amides is 1. The average Bonchev–Trinajstić information content (AvgIpc) is 2.74. The molecule has 0 aliphatic rings. The number of methoxy groups -OCH3 is 2. The fourth-order valence-electron chi connectivity index (χ4n) is 2.42. The average molecular weight is 375 g/mol. The third-order valence-corrected chi connectivity index (χ3v) is 3.86. The van der Waals surface area contributed by atoms with Crippen LogP contribution in [-0.4, -0.2) is 30.1 Å². The molecule has 1 heterocycles. The van der Waals surface area contributed by atoms with Gasteiger partial charge in [-0.1, -0.05) is 12.1 Å². The molecule has 0 fully saturated rings. The van der Waals surface area contributed by atoms with E-state index in [0.717, 1.165) is 0 Å². The number of anilines is 3. The molecule has 0 radical (unpaired) electrons. The predicted octanol–water partition coefficient (Wildman–Crippen LogP) is 3.36. The summed E-state index contributed by atoms with van der Waals surface area (Å²) in [5.74, 6) is 1.12. The molecule has 0 spiro atoms. The summed E-state index contributed by atoms with van der Waals surface area (Å²) in [4.78, 5) is 20.7. The minimum absolute atomic E-state index is 0.264. The van der Waals surface area contributed by atoms with Crippen molar-refractivity contribution in [3.05, 3.63) is 66.0 Å². The molecule has 8 heteroatoms. The maximum Gasteiger partial charge on any atom is 0.258 e. The normalized spacial score (nSPS) is 9.89. The Kier molecular flexibility index (Phi) is 5.67. The topological polar surface area (TPSA) is 109 Å². The van der Waals surface area contributed by atoms with E-state index in [2.05, 4.69) is 20.6 Å². The van der Waals surface area contributed by atoms with Crippen molar-refractivity contribution in [3.8, 4) is 17.6 Å². The summed E-state index contributed by atoms with van der Waals surface area (Å²) >= 11 is 0. The van der Waals surface area contributed by atoms with E-state index >= 15 is 0 Å². The number of para-hydroxylation sites is 1. The van der Waals surface area contributed by atoms with E-state index in [0.29, 0.717) is 34.4 Å². The van der Waals surface area contributed by atoms with Gasteiger partial charge in [0.05, 0.1) is 36.7 Å². The Bertz CT molecular complexity index is 1030. The largest absolute Gasteiger partial charge is 0.497 e. The van der Waals surface area contributed by atoms with E-state index in [-0.39, 0.29) is 5.56 Å². The molecule has 0 aliphatic heterocycles. The Morgan fingerprint density at radius 3 is 2.46 bits per heavy atom. The molecule has 0 atom stereocenters. The first-order valence-corrected chi connectivity index (χ1v) is 8.26. The molecular weight excluding hydrogens is 358 g/mol. The predicted molar refractivity (Wildman–Crippen MR) is 104 cm³/mol. The Morgan fingerprint density at radius 2 is 1.79 bits per heavy atom. The van der Waals surface area contributed by atoms with Crippen molar-refractivity contribution in [2.75, 3.05) is 24.9 Å². The molecule has 0 saturated carbocycles. The SMILES string of the molecule is COc1ccc(Nc2ncc(C(=O)Nc3ccccc3C#N)cn2)c(OC)c1. The summed E-state index contributed by atoms with van der Waals surface area (Å²) in [5, 5.41) is 14.8. The van der Waals surface area contributed by atoms with Gasteiger partial charge in [0.1, 0.15) is 17.6 Å². The number of nitrogens with one attached hydrogen (secondary N) is 2. The number of nitrogens with zero attached hydrogens (tertiary/aromatic N) is 3. The Morgan fingerprint density at radius 1 is 1.04 bits per heavy atom. The van der Waals surface area contributed by atoms with Crippen molar-refractivity contribution >= 4 is 23.2 Å². The van der Waals surface area contributed by atoms with Crippen LogP contribution in [0, 0.1) is 11.3 Å². The van der Waals surface area contributed by atoms with Gasteiger partial charge in [0.15, 0.2) is 0 Å². The van der Waals surface area contributed by atoms with E-state index in [9.17, 15) is 4.79 Å². The van der Waals surface area contributed by atoms with Crippen LogP contribution in [0.5, 0.6) is 11.5 Å². The maximum absolute atomic E-state index is 12.4. The minimum Gasteiger partial charge on any atom is -0.497 e. The first-order chi connectivity index (χ1) is 13.6. The molecule has 0 aliphatic carbocycles. The van der Waals surface area contributed by atoms with Gasteiger partial charge in [-0.3, -0.25) is 4.79 Å². The van der Waals surface area contributed by atoms with Crippen LogP contribution in [0.15, 0.2) is 54.9 Å². The second kappa shape index (κ2) is 8.51. The Labute approximate surface area is 161 Å². The van der Waals surface area contributed by atoms with Crippen LogP contribution in [0.25, 0.3) is 0 Å². The van der Waals surface area contributed by atoms with E-state index < -0.39 is 5.91 Å². The molecule has 8 nitrogen and oxygen atoms in total. The van der Waals surface area contributed by atoms with E-state index in [1.165, 1.54) is 12.4 Å². The highest BCUT2D eigenvalue weighted by molar-refractivity contribution is 6.04. The molecule has 1 aromatic heterocycles. The Balaban J connectivity index is 1.73. The van der Waals surface area contributed by atoms with Crippen molar-refractivity contribution in [2.45, 2.75) is 0 Å². The highest BCUT2D eigenvalue weighted by Crippen LogP contribution is 2.30. The molecule has 1 amide bonds. The molecule has 0 saturated heterocycles. The lowest BCUT2D eigenvalue weighted by Gasteiger charge is -2.11. The highest BCUT2D eigenvalue weighted by atomic mass is 16.5. The number of hydrogen-bond acceptors (Lipinski definition) is 7. The zero-order valence-corrected chi connectivity index (χ0v) is 15.3. The van der Waals surface area contributed by atoms with Crippen LogP contribution in [0.4, 0.5) is 17.3 Å². The summed E-state index contributed by atoms with van der Waals surface area (Å²) in [6, 6.07) is 14.1. The van der Waals surface area contributed by atoms with Crippen molar-refractivity contribution in [1.29, 1.82) is 5.26 Å². The first-order valence-electron chi connectivity index (χ1n) is 8.26. The number of aromatic nitrogens is 2. The molecule has 2 N–H and O–H groups in total. The lowest BCUT2D eigenvalue weighted by molar-refractivity contribution is 0.102. The zero-order chi connectivity index (χ0) is 19.9. The van der Waals surface area contributed by atoms with E-state index in [1.54, 1.807) is 56.7 Å². The number of carbonyl (C=O) groups is 1. The molecule has 3 rings (SSSR count). The minimum atomic E-state index is -0.406. The quantitative estimate of drug-likeness (QED) is 0.680. The van der Waals surface area contributed by atoms with Crippen molar-refractivity contribution < 1.29 is 14.3 Å².